The maximum absolute atomic E-state index is 11.2. The van der Waals surface area contributed by atoms with Crippen LogP contribution in [-0.4, -0.2) is 40.1 Å². The Balaban J connectivity index is 1.70. The van der Waals surface area contributed by atoms with Crippen LogP contribution >= 0.6 is 0 Å². The Morgan fingerprint density at radius 2 is 2.15 bits per heavy atom. The molecule has 1 aliphatic heterocycles. The molecule has 0 radical (unpaired) electrons. The van der Waals surface area contributed by atoms with Crippen LogP contribution in [0.3, 0.4) is 0 Å². The summed E-state index contributed by atoms with van der Waals surface area (Å²) < 4.78 is 6.19. The predicted molar refractivity (Wildman–Crippen MR) is 99.2 cm³/mol. The van der Waals surface area contributed by atoms with Gasteiger partial charge >= 0.3 is 0 Å². The summed E-state index contributed by atoms with van der Waals surface area (Å²) in [6, 6.07) is 1.87. The molecule has 0 spiro atoms. The summed E-state index contributed by atoms with van der Waals surface area (Å²) in [6.07, 6.45) is 4.39. The molecule has 3 heterocycles. The Kier molecular flexibility index (Phi) is 5.35. The lowest BCUT2D eigenvalue weighted by molar-refractivity contribution is -0.119. The number of hydrogen-bond acceptors (Lipinski definition) is 6. The Hall–Kier alpha value is -2.70. The van der Waals surface area contributed by atoms with Crippen LogP contribution in [0.1, 0.15) is 36.0 Å². The molecule has 0 aromatic carbocycles. The largest absolute Gasteiger partial charge is 0.487 e. The average molecular weight is 355 g/mol. The molecule has 7 heteroatoms. The van der Waals surface area contributed by atoms with Gasteiger partial charge in [0.2, 0.25) is 5.91 Å². The zero-order chi connectivity index (χ0) is 18.7. The first-order chi connectivity index (χ1) is 12.4. The van der Waals surface area contributed by atoms with Gasteiger partial charge in [0, 0.05) is 49.5 Å². The maximum Gasteiger partial charge on any atom is 0.217 e. The molecule has 2 aromatic rings. The lowest BCUT2D eigenvalue weighted by Gasteiger charge is -2.21. The lowest BCUT2D eigenvalue weighted by atomic mass is 10.2. The second kappa shape index (κ2) is 7.68. The van der Waals surface area contributed by atoms with Crippen molar-refractivity contribution in [3.05, 3.63) is 41.1 Å². The Morgan fingerprint density at radius 3 is 2.92 bits per heavy atom. The van der Waals surface area contributed by atoms with Crippen molar-refractivity contribution in [1.82, 2.24) is 20.3 Å². The second-order valence-electron chi connectivity index (χ2n) is 6.67. The number of carbonyl (C=O) groups is 1. The fourth-order valence-corrected chi connectivity index (χ4v) is 3.14. The van der Waals surface area contributed by atoms with Gasteiger partial charge in [0.15, 0.2) is 0 Å². The van der Waals surface area contributed by atoms with E-state index in [1.165, 1.54) is 6.92 Å². The summed E-state index contributed by atoms with van der Waals surface area (Å²) in [5.74, 6) is 2.44. The molecule has 1 aliphatic rings. The van der Waals surface area contributed by atoms with Crippen molar-refractivity contribution in [2.75, 3.05) is 18.0 Å². The van der Waals surface area contributed by atoms with Crippen LogP contribution in [0.5, 0.6) is 5.75 Å². The SMILES string of the molecule is CC(=O)NCc1ccncc1O[C@H]1CCN(c2nc(C)nc(C)c2C)C1. The van der Waals surface area contributed by atoms with Crippen LogP contribution in [0.25, 0.3) is 0 Å². The topological polar surface area (TPSA) is 80.2 Å². The summed E-state index contributed by atoms with van der Waals surface area (Å²) in [4.78, 5) is 26.6. The molecule has 1 amide bonds. The van der Waals surface area contributed by atoms with Crippen LogP contribution in [0.4, 0.5) is 5.82 Å². The Labute approximate surface area is 153 Å². The van der Waals surface area contributed by atoms with Gasteiger partial charge in [0.25, 0.3) is 0 Å². The third kappa shape index (κ3) is 4.09. The molecule has 0 unspecified atom stereocenters. The van der Waals surface area contributed by atoms with Crippen molar-refractivity contribution in [2.45, 2.75) is 46.8 Å². The monoisotopic (exact) mass is 355 g/mol. The molecule has 3 rings (SSSR count). The second-order valence-corrected chi connectivity index (χ2v) is 6.67. The molecule has 1 atom stereocenters. The molecule has 2 aromatic heterocycles. The van der Waals surface area contributed by atoms with Gasteiger partial charge in [-0.05, 0) is 26.8 Å². The van der Waals surface area contributed by atoms with E-state index in [1.807, 2.05) is 19.9 Å². The normalized spacial score (nSPS) is 16.6. The van der Waals surface area contributed by atoms with E-state index in [9.17, 15) is 4.79 Å². The molecule has 7 nitrogen and oxygen atoms in total. The van der Waals surface area contributed by atoms with E-state index in [4.69, 9.17) is 4.74 Å². The van der Waals surface area contributed by atoms with E-state index >= 15 is 0 Å². The number of nitrogens with zero attached hydrogens (tertiary/aromatic N) is 4. The van der Waals surface area contributed by atoms with Crippen LogP contribution in [0, 0.1) is 20.8 Å². The first kappa shape index (κ1) is 18.1. The minimum atomic E-state index is -0.0650. The highest BCUT2D eigenvalue weighted by molar-refractivity contribution is 5.72. The molecule has 0 bridgehead atoms. The van der Waals surface area contributed by atoms with E-state index in [0.717, 1.165) is 53.7 Å². The van der Waals surface area contributed by atoms with Crippen molar-refractivity contribution in [3.8, 4) is 5.75 Å². The van der Waals surface area contributed by atoms with Gasteiger partial charge in [-0.25, -0.2) is 9.97 Å². The smallest absolute Gasteiger partial charge is 0.217 e. The van der Waals surface area contributed by atoms with Crippen LogP contribution in [-0.2, 0) is 11.3 Å². The minimum Gasteiger partial charge on any atom is -0.487 e. The fourth-order valence-electron chi connectivity index (χ4n) is 3.14. The van der Waals surface area contributed by atoms with Crippen LogP contribution in [0.2, 0.25) is 0 Å². The Morgan fingerprint density at radius 1 is 1.35 bits per heavy atom. The van der Waals surface area contributed by atoms with Gasteiger partial charge in [-0.2, -0.15) is 0 Å². The van der Waals surface area contributed by atoms with Crippen molar-refractivity contribution in [1.29, 1.82) is 0 Å². The number of hydrogen-bond donors (Lipinski definition) is 1. The molecule has 26 heavy (non-hydrogen) atoms. The zero-order valence-electron chi connectivity index (χ0n) is 15.7. The van der Waals surface area contributed by atoms with Gasteiger partial charge in [-0.15, -0.1) is 0 Å². The first-order valence-corrected chi connectivity index (χ1v) is 8.85. The van der Waals surface area contributed by atoms with E-state index in [0.29, 0.717) is 6.54 Å². The molecule has 138 valence electrons. The van der Waals surface area contributed by atoms with Crippen LogP contribution in [0.15, 0.2) is 18.5 Å². The average Bonchev–Trinajstić information content (AvgIpc) is 3.05. The third-order valence-electron chi connectivity index (χ3n) is 4.61. The zero-order valence-corrected chi connectivity index (χ0v) is 15.7. The Bertz CT molecular complexity index is 809. The number of aryl methyl sites for hydroxylation is 2. The van der Waals surface area contributed by atoms with Gasteiger partial charge < -0.3 is 15.0 Å². The third-order valence-corrected chi connectivity index (χ3v) is 4.61. The molecular formula is C19H25N5O2. The maximum atomic E-state index is 11.2. The van der Waals surface area contributed by atoms with Crippen molar-refractivity contribution >= 4 is 11.7 Å². The van der Waals surface area contributed by atoms with Crippen molar-refractivity contribution in [3.63, 3.8) is 0 Å². The summed E-state index contributed by atoms with van der Waals surface area (Å²) in [5, 5.41) is 2.81. The number of pyridine rings is 1. The van der Waals surface area contributed by atoms with Gasteiger partial charge in [0.05, 0.1) is 12.7 Å². The fraction of sp³-hybridized carbons (Fsp3) is 0.474. The number of aromatic nitrogens is 3. The highest BCUT2D eigenvalue weighted by Crippen LogP contribution is 2.27. The lowest BCUT2D eigenvalue weighted by Crippen LogP contribution is -2.27. The van der Waals surface area contributed by atoms with E-state index < -0.39 is 0 Å². The van der Waals surface area contributed by atoms with Gasteiger partial charge in [-0.1, -0.05) is 0 Å². The number of rotatable bonds is 5. The molecule has 0 aliphatic carbocycles. The first-order valence-electron chi connectivity index (χ1n) is 8.85. The molecule has 1 fully saturated rings. The van der Waals surface area contributed by atoms with E-state index in [2.05, 4.69) is 32.1 Å². The summed E-state index contributed by atoms with van der Waals surface area (Å²) in [7, 11) is 0. The number of anilines is 1. The number of nitrogens with one attached hydrogen (secondary N) is 1. The number of amides is 1. The summed E-state index contributed by atoms with van der Waals surface area (Å²) in [5.41, 5.74) is 3.06. The molecular weight excluding hydrogens is 330 g/mol. The van der Waals surface area contributed by atoms with Crippen molar-refractivity contribution < 1.29 is 9.53 Å². The molecule has 0 saturated carbocycles. The minimum absolute atomic E-state index is 0.0604. The number of carbonyl (C=O) groups excluding carboxylic acids is 1. The van der Waals surface area contributed by atoms with E-state index in [-0.39, 0.29) is 12.0 Å². The van der Waals surface area contributed by atoms with Gasteiger partial charge in [-0.3, -0.25) is 9.78 Å². The number of ether oxygens (including phenoxy) is 1. The van der Waals surface area contributed by atoms with E-state index in [1.54, 1.807) is 12.4 Å². The van der Waals surface area contributed by atoms with Gasteiger partial charge in [0.1, 0.15) is 23.5 Å². The highest BCUT2D eigenvalue weighted by Gasteiger charge is 2.27. The standard InChI is InChI=1S/C19H25N5O2/c1-12-13(2)22-14(3)23-19(12)24-8-6-17(11-24)26-18-10-20-7-5-16(18)9-21-15(4)25/h5,7,10,17H,6,8-9,11H2,1-4H3,(H,21,25)/t17-/m0/s1. The van der Waals surface area contributed by atoms with Crippen molar-refractivity contribution in [2.24, 2.45) is 0 Å². The van der Waals surface area contributed by atoms with Crippen LogP contribution < -0.4 is 15.0 Å². The predicted octanol–water partition coefficient (Wildman–Crippen LogP) is 2.09. The molecule has 1 N–H and O–H groups in total. The summed E-state index contributed by atoms with van der Waals surface area (Å²) >= 11 is 0. The quantitative estimate of drug-likeness (QED) is 0.885. The molecule has 1 saturated heterocycles. The highest BCUT2D eigenvalue weighted by atomic mass is 16.5. The summed E-state index contributed by atoms with van der Waals surface area (Å²) in [6.45, 7) is 9.60.